The first kappa shape index (κ1) is 11.4. The summed E-state index contributed by atoms with van der Waals surface area (Å²) in [5.41, 5.74) is 6.39. The van der Waals surface area contributed by atoms with Crippen LogP contribution in [0.3, 0.4) is 0 Å². The Kier molecular flexibility index (Phi) is 4.32. The molecule has 78 valence electrons. The normalized spacial score (nSPS) is 12.9. The van der Waals surface area contributed by atoms with Crippen LogP contribution in [0.25, 0.3) is 0 Å². The molecule has 2 nitrogen and oxygen atoms in total. The molecule has 0 saturated carbocycles. The predicted molar refractivity (Wildman–Crippen MR) is 54.7 cm³/mol. The van der Waals surface area contributed by atoms with Gasteiger partial charge in [0.15, 0.2) is 0 Å². The molecule has 0 heterocycles. The summed E-state index contributed by atoms with van der Waals surface area (Å²) in [6, 6.07) is 3.81. The molecule has 0 saturated heterocycles. The summed E-state index contributed by atoms with van der Waals surface area (Å²) in [6.07, 6.45) is 1.19. The molecule has 1 rings (SSSR count). The van der Waals surface area contributed by atoms with Gasteiger partial charge in [0.05, 0.1) is 0 Å². The Morgan fingerprint density at radius 1 is 1.50 bits per heavy atom. The van der Waals surface area contributed by atoms with Crippen LogP contribution in [0.15, 0.2) is 18.2 Å². The van der Waals surface area contributed by atoms with Crippen LogP contribution in [-0.2, 0) is 0 Å². The van der Waals surface area contributed by atoms with E-state index in [2.05, 4.69) is 0 Å². The summed E-state index contributed by atoms with van der Waals surface area (Å²) >= 11 is 5.86. The average Bonchev–Trinajstić information content (AvgIpc) is 2.18. The quantitative estimate of drug-likeness (QED) is 0.813. The topological polar surface area (TPSA) is 46.2 Å². The van der Waals surface area contributed by atoms with Gasteiger partial charge in [-0.25, -0.2) is 4.39 Å². The van der Waals surface area contributed by atoms with Gasteiger partial charge in [-0.3, -0.25) is 0 Å². The van der Waals surface area contributed by atoms with Gasteiger partial charge >= 0.3 is 0 Å². The molecule has 0 aliphatic carbocycles. The van der Waals surface area contributed by atoms with E-state index in [0.717, 1.165) is 0 Å². The lowest BCUT2D eigenvalue weighted by atomic mass is 10.0. The van der Waals surface area contributed by atoms with Gasteiger partial charge in [-0.1, -0.05) is 11.6 Å². The first-order valence-corrected chi connectivity index (χ1v) is 4.84. The fraction of sp³-hybridized carbons (Fsp3) is 0.400. The van der Waals surface area contributed by atoms with Gasteiger partial charge in [-0.05, 0) is 36.6 Å². The zero-order valence-corrected chi connectivity index (χ0v) is 8.47. The molecule has 3 N–H and O–H groups in total. The second-order valence-corrected chi connectivity index (χ2v) is 3.55. The molecule has 0 fully saturated rings. The van der Waals surface area contributed by atoms with Crippen molar-refractivity contribution in [1.82, 2.24) is 0 Å². The first-order valence-electron chi connectivity index (χ1n) is 4.46. The van der Waals surface area contributed by atoms with Crippen LogP contribution in [0.1, 0.15) is 24.4 Å². The third kappa shape index (κ3) is 2.94. The maximum Gasteiger partial charge on any atom is 0.123 e. The van der Waals surface area contributed by atoms with Gasteiger partial charge in [0, 0.05) is 17.7 Å². The number of hydrogen-bond acceptors (Lipinski definition) is 2. The minimum absolute atomic E-state index is 0.0840. The first-order chi connectivity index (χ1) is 6.65. The minimum Gasteiger partial charge on any atom is -0.396 e. The van der Waals surface area contributed by atoms with E-state index in [1.165, 1.54) is 18.2 Å². The van der Waals surface area contributed by atoms with Crippen LogP contribution >= 0.6 is 11.6 Å². The van der Waals surface area contributed by atoms with E-state index < -0.39 is 0 Å². The Labute approximate surface area is 87.5 Å². The molecular weight excluding hydrogens is 205 g/mol. The van der Waals surface area contributed by atoms with Gasteiger partial charge in [-0.15, -0.1) is 0 Å². The van der Waals surface area contributed by atoms with Gasteiger partial charge in [0.1, 0.15) is 5.82 Å². The van der Waals surface area contributed by atoms with Crippen LogP contribution in [0.2, 0.25) is 5.02 Å². The van der Waals surface area contributed by atoms with E-state index in [9.17, 15) is 4.39 Å². The van der Waals surface area contributed by atoms with E-state index >= 15 is 0 Å². The Bertz CT molecular complexity index is 306. The lowest BCUT2D eigenvalue weighted by Crippen LogP contribution is -2.11. The standard InChI is InChI=1S/C10H13ClFNO/c11-9-4-3-7(12)6-8(9)10(13)2-1-5-14/h3-4,6,10,14H,1-2,5,13H2/t10-/m0/s1. The molecule has 14 heavy (non-hydrogen) atoms. The Morgan fingerprint density at radius 3 is 2.86 bits per heavy atom. The molecule has 1 aromatic rings. The van der Waals surface area contributed by atoms with Gasteiger partial charge in [0.25, 0.3) is 0 Å². The predicted octanol–water partition coefficient (Wildman–Crippen LogP) is 2.25. The highest BCUT2D eigenvalue weighted by Crippen LogP contribution is 2.24. The molecule has 0 amide bonds. The van der Waals surface area contributed by atoms with E-state index in [4.69, 9.17) is 22.4 Å². The number of aliphatic hydroxyl groups excluding tert-OH is 1. The lowest BCUT2D eigenvalue weighted by Gasteiger charge is -2.12. The van der Waals surface area contributed by atoms with Crippen molar-refractivity contribution in [3.8, 4) is 0 Å². The van der Waals surface area contributed by atoms with Crippen molar-refractivity contribution in [1.29, 1.82) is 0 Å². The number of nitrogens with two attached hydrogens (primary N) is 1. The molecule has 0 bridgehead atoms. The van der Waals surface area contributed by atoms with E-state index in [-0.39, 0.29) is 18.5 Å². The Hall–Kier alpha value is -0.640. The van der Waals surface area contributed by atoms with Crippen LogP contribution in [-0.4, -0.2) is 11.7 Å². The summed E-state index contributed by atoms with van der Waals surface area (Å²) < 4.78 is 12.9. The second kappa shape index (κ2) is 5.29. The molecule has 0 aliphatic heterocycles. The van der Waals surface area contributed by atoms with Gasteiger partial charge in [0.2, 0.25) is 0 Å². The summed E-state index contributed by atoms with van der Waals surface area (Å²) in [6.45, 7) is 0.0840. The van der Waals surface area contributed by atoms with Crippen LogP contribution in [0.4, 0.5) is 4.39 Å². The number of hydrogen-bond donors (Lipinski definition) is 2. The maximum atomic E-state index is 12.9. The third-order valence-corrected chi connectivity index (χ3v) is 2.37. The molecule has 4 heteroatoms. The lowest BCUT2D eigenvalue weighted by molar-refractivity contribution is 0.280. The van der Waals surface area contributed by atoms with Crippen molar-refractivity contribution < 1.29 is 9.50 Å². The molecule has 1 aromatic carbocycles. The average molecular weight is 218 g/mol. The largest absolute Gasteiger partial charge is 0.396 e. The highest BCUT2D eigenvalue weighted by molar-refractivity contribution is 6.31. The fourth-order valence-electron chi connectivity index (χ4n) is 1.27. The highest BCUT2D eigenvalue weighted by Gasteiger charge is 2.10. The van der Waals surface area contributed by atoms with E-state index in [1.807, 2.05) is 0 Å². The van der Waals surface area contributed by atoms with E-state index in [0.29, 0.717) is 23.4 Å². The zero-order valence-electron chi connectivity index (χ0n) is 7.71. The number of aliphatic hydroxyl groups is 1. The SMILES string of the molecule is N[C@@H](CCCO)c1cc(F)ccc1Cl. The van der Waals surface area contributed by atoms with Gasteiger partial charge < -0.3 is 10.8 Å². The van der Waals surface area contributed by atoms with Crippen LogP contribution < -0.4 is 5.73 Å². The monoisotopic (exact) mass is 217 g/mol. The summed E-state index contributed by atoms with van der Waals surface area (Å²) in [7, 11) is 0. The Balaban J connectivity index is 2.77. The second-order valence-electron chi connectivity index (χ2n) is 3.14. The summed E-state index contributed by atoms with van der Waals surface area (Å²) in [5.74, 6) is -0.344. The summed E-state index contributed by atoms with van der Waals surface area (Å²) in [4.78, 5) is 0. The maximum absolute atomic E-state index is 12.9. The van der Waals surface area contributed by atoms with Crippen molar-refractivity contribution in [3.63, 3.8) is 0 Å². The molecule has 0 unspecified atom stereocenters. The molecule has 0 aromatic heterocycles. The Morgan fingerprint density at radius 2 is 2.21 bits per heavy atom. The minimum atomic E-state index is -0.344. The smallest absolute Gasteiger partial charge is 0.123 e. The molecule has 1 atom stereocenters. The zero-order chi connectivity index (χ0) is 10.6. The van der Waals surface area contributed by atoms with Crippen LogP contribution in [0.5, 0.6) is 0 Å². The van der Waals surface area contributed by atoms with Crippen molar-refractivity contribution >= 4 is 11.6 Å². The fourth-order valence-corrected chi connectivity index (χ4v) is 1.52. The van der Waals surface area contributed by atoms with Gasteiger partial charge in [-0.2, -0.15) is 0 Å². The molecule has 0 spiro atoms. The number of halogens is 2. The third-order valence-electron chi connectivity index (χ3n) is 2.03. The highest BCUT2D eigenvalue weighted by atomic mass is 35.5. The molecule has 0 aliphatic rings. The number of benzene rings is 1. The van der Waals surface area contributed by atoms with E-state index in [1.54, 1.807) is 0 Å². The van der Waals surface area contributed by atoms with Crippen molar-refractivity contribution in [2.24, 2.45) is 5.73 Å². The molecular formula is C10H13ClFNO. The number of rotatable bonds is 4. The van der Waals surface area contributed by atoms with Crippen molar-refractivity contribution in [2.75, 3.05) is 6.61 Å². The summed E-state index contributed by atoms with van der Waals surface area (Å²) in [5, 5.41) is 9.09. The molecule has 0 radical (unpaired) electrons. The van der Waals surface area contributed by atoms with Crippen molar-refractivity contribution in [2.45, 2.75) is 18.9 Å². The van der Waals surface area contributed by atoms with Crippen molar-refractivity contribution in [3.05, 3.63) is 34.6 Å². The van der Waals surface area contributed by atoms with Crippen LogP contribution in [0, 0.1) is 5.82 Å².